The summed E-state index contributed by atoms with van der Waals surface area (Å²) in [4.78, 5) is 24.2. The molecule has 4 nitrogen and oxygen atoms in total. The summed E-state index contributed by atoms with van der Waals surface area (Å²) in [6.45, 7) is 2.46. The summed E-state index contributed by atoms with van der Waals surface area (Å²) in [5.74, 6) is -0.308. The van der Waals surface area contributed by atoms with Gasteiger partial charge in [0, 0.05) is 18.6 Å². The lowest BCUT2D eigenvalue weighted by Gasteiger charge is -2.11. The van der Waals surface area contributed by atoms with E-state index in [4.69, 9.17) is 11.6 Å². The van der Waals surface area contributed by atoms with Crippen LogP contribution in [-0.4, -0.2) is 29.8 Å². The minimum absolute atomic E-state index is 0.139. The summed E-state index contributed by atoms with van der Waals surface area (Å²) in [7, 11) is 1.51. The van der Waals surface area contributed by atoms with Crippen LogP contribution in [-0.2, 0) is 16.1 Å². The molecule has 5 heteroatoms. The van der Waals surface area contributed by atoms with Crippen molar-refractivity contribution < 1.29 is 9.59 Å². The highest BCUT2D eigenvalue weighted by Crippen LogP contribution is 2.17. The Morgan fingerprint density at radius 3 is 2.72 bits per heavy atom. The number of nitrogens with zero attached hydrogens (tertiary/aromatic N) is 1. The summed E-state index contributed by atoms with van der Waals surface area (Å²) in [5.41, 5.74) is 2.02. The Hall–Kier alpha value is -1.39. The quantitative estimate of drug-likeness (QED) is 0.844. The Labute approximate surface area is 111 Å². The molecule has 0 bridgehead atoms. The molecule has 96 valence electrons. The second-order valence-electron chi connectivity index (χ2n) is 4.51. The molecule has 1 unspecified atom stereocenters. The summed E-state index contributed by atoms with van der Waals surface area (Å²) in [6, 6.07) is 5.35. The molecule has 1 aliphatic heterocycles. The van der Waals surface area contributed by atoms with Gasteiger partial charge in [-0.3, -0.25) is 14.5 Å². The zero-order valence-electron chi connectivity index (χ0n) is 10.4. The van der Waals surface area contributed by atoms with E-state index >= 15 is 0 Å². The number of hydrogen-bond donors (Lipinski definition) is 1. The maximum Gasteiger partial charge on any atom is 0.246 e. The Morgan fingerprint density at radius 1 is 1.44 bits per heavy atom. The SMILES string of the molecule is Cc1ccc(CNC2CC(=O)N(C)C2=O)cc1Cl. The lowest BCUT2D eigenvalue weighted by Crippen LogP contribution is -2.36. The van der Waals surface area contributed by atoms with E-state index in [0.29, 0.717) is 11.6 Å². The first-order chi connectivity index (χ1) is 8.49. The fourth-order valence-electron chi connectivity index (χ4n) is 1.90. The van der Waals surface area contributed by atoms with E-state index in [1.54, 1.807) is 0 Å². The van der Waals surface area contributed by atoms with Crippen LogP contribution in [0.2, 0.25) is 5.02 Å². The number of amides is 2. The van der Waals surface area contributed by atoms with Gasteiger partial charge in [0.25, 0.3) is 0 Å². The number of likely N-dealkylation sites (tertiary alicyclic amines) is 1. The molecule has 1 N–H and O–H groups in total. The van der Waals surface area contributed by atoms with Crippen LogP contribution in [0.1, 0.15) is 17.5 Å². The van der Waals surface area contributed by atoms with E-state index in [1.807, 2.05) is 25.1 Å². The Morgan fingerprint density at radius 2 is 2.17 bits per heavy atom. The number of benzene rings is 1. The Balaban J connectivity index is 1.98. The maximum absolute atomic E-state index is 11.7. The third-order valence-corrected chi connectivity index (χ3v) is 3.58. The van der Waals surface area contributed by atoms with Crippen molar-refractivity contribution >= 4 is 23.4 Å². The van der Waals surface area contributed by atoms with Crippen LogP contribution in [0.15, 0.2) is 18.2 Å². The number of nitrogens with one attached hydrogen (secondary N) is 1. The topological polar surface area (TPSA) is 49.4 Å². The van der Waals surface area contributed by atoms with Crippen LogP contribution in [0.3, 0.4) is 0 Å². The lowest BCUT2D eigenvalue weighted by atomic mass is 10.1. The minimum Gasteiger partial charge on any atom is -0.301 e. The number of likely N-dealkylation sites (N-methyl/N-ethyl adjacent to an activating group) is 1. The third kappa shape index (κ3) is 2.54. The first-order valence-electron chi connectivity index (χ1n) is 5.78. The molecule has 1 atom stereocenters. The average Bonchev–Trinajstić information content (AvgIpc) is 2.58. The van der Waals surface area contributed by atoms with Crippen molar-refractivity contribution in [2.45, 2.75) is 25.9 Å². The predicted octanol–water partition coefficient (Wildman–Crippen LogP) is 1.50. The van der Waals surface area contributed by atoms with Gasteiger partial charge in [0.2, 0.25) is 11.8 Å². The molecule has 2 rings (SSSR count). The van der Waals surface area contributed by atoms with E-state index in [9.17, 15) is 9.59 Å². The molecule has 0 aliphatic carbocycles. The van der Waals surface area contributed by atoms with Crippen LogP contribution >= 0.6 is 11.6 Å². The monoisotopic (exact) mass is 266 g/mol. The molecule has 1 saturated heterocycles. The number of imide groups is 1. The first kappa shape index (κ1) is 13.1. The molecule has 1 fully saturated rings. The number of aryl methyl sites for hydroxylation is 1. The molecule has 18 heavy (non-hydrogen) atoms. The molecule has 0 spiro atoms. The molecular weight excluding hydrogens is 252 g/mol. The zero-order valence-corrected chi connectivity index (χ0v) is 11.1. The fourth-order valence-corrected chi connectivity index (χ4v) is 2.11. The van der Waals surface area contributed by atoms with Crippen molar-refractivity contribution in [3.05, 3.63) is 34.3 Å². The van der Waals surface area contributed by atoms with Crippen LogP contribution in [0.4, 0.5) is 0 Å². The van der Waals surface area contributed by atoms with Crippen molar-refractivity contribution in [1.29, 1.82) is 0 Å². The standard InChI is InChI=1S/C13H15ClN2O2/c1-8-3-4-9(5-10(8)14)7-15-11-6-12(17)16(2)13(11)18/h3-5,11,15H,6-7H2,1-2H3. The van der Waals surface area contributed by atoms with E-state index in [-0.39, 0.29) is 18.2 Å². The number of rotatable bonds is 3. The van der Waals surface area contributed by atoms with Crippen molar-refractivity contribution in [3.63, 3.8) is 0 Å². The van der Waals surface area contributed by atoms with Crippen LogP contribution < -0.4 is 5.32 Å². The van der Waals surface area contributed by atoms with Crippen LogP contribution in [0.5, 0.6) is 0 Å². The van der Waals surface area contributed by atoms with Gasteiger partial charge in [-0.15, -0.1) is 0 Å². The van der Waals surface area contributed by atoms with Gasteiger partial charge in [0.05, 0.1) is 12.5 Å². The van der Waals surface area contributed by atoms with Gasteiger partial charge >= 0.3 is 0 Å². The lowest BCUT2D eigenvalue weighted by molar-refractivity contribution is -0.137. The third-order valence-electron chi connectivity index (χ3n) is 3.17. The smallest absolute Gasteiger partial charge is 0.246 e. The second kappa shape index (κ2) is 5.08. The molecule has 2 amide bonds. The summed E-state index contributed by atoms with van der Waals surface area (Å²) in [6.07, 6.45) is 0.231. The molecule has 1 aromatic rings. The average molecular weight is 267 g/mol. The zero-order chi connectivity index (χ0) is 13.3. The second-order valence-corrected chi connectivity index (χ2v) is 4.92. The molecule has 0 aromatic heterocycles. The summed E-state index contributed by atoms with van der Waals surface area (Å²) >= 11 is 6.03. The van der Waals surface area contributed by atoms with Gasteiger partial charge in [0.1, 0.15) is 0 Å². The first-order valence-corrected chi connectivity index (χ1v) is 6.15. The maximum atomic E-state index is 11.7. The van der Waals surface area contributed by atoms with Crippen molar-refractivity contribution in [1.82, 2.24) is 10.2 Å². The van der Waals surface area contributed by atoms with Gasteiger partial charge in [-0.2, -0.15) is 0 Å². The highest BCUT2D eigenvalue weighted by molar-refractivity contribution is 6.31. The highest BCUT2D eigenvalue weighted by Gasteiger charge is 2.35. The van der Waals surface area contributed by atoms with Crippen molar-refractivity contribution in [2.75, 3.05) is 7.05 Å². The number of hydrogen-bond acceptors (Lipinski definition) is 3. The van der Waals surface area contributed by atoms with Gasteiger partial charge in [-0.05, 0) is 24.1 Å². The van der Waals surface area contributed by atoms with Gasteiger partial charge < -0.3 is 5.32 Å². The molecule has 1 aliphatic rings. The molecule has 1 aromatic carbocycles. The van der Waals surface area contributed by atoms with Gasteiger partial charge in [-0.1, -0.05) is 23.7 Å². The van der Waals surface area contributed by atoms with Crippen molar-refractivity contribution in [2.24, 2.45) is 0 Å². The number of carbonyl (C=O) groups is 2. The van der Waals surface area contributed by atoms with Gasteiger partial charge in [-0.25, -0.2) is 0 Å². The van der Waals surface area contributed by atoms with E-state index < -0.39 is 6.04 Å². The molecule has 1 heterocycles. The Kier molecular flexibility index (Phi) is 3.68. The minimum atomic E-state index is -0.414. The van der Waals surface area contributed by atoms with Crippen LogP contribution in [0.25, 0.3) is 0 Å². The van der Waals surface area contributed by atoms with Crippen LogP contribution in [0, 0.1) is 6.92 Å². The molecular formula is C13H15ClN2O2. The summed E-state index contributed by atoms with van der Waals surface area (Å²) < 4.78 is 0. The normalized spacial score (nSPS) is 19.7. The van der Waals surface area contributed by atoms with E-state index in [1.165, 1.54) is 11.9 Å². The van der Waals surface area contributed by atoms with E-state index in [0.717, 1.165) is 11.1 Å². The predicted molar refractivity (Wildman–Crippen MR) is 69.2 cm³/mol. The number of carbonyl (C=O) groups excluding carboxylic acids is 2. The van der Waals surface area contributed by atoms with Gasteiger partial charge in [0.15, 0.2) is 0 Å². The van der Waals surface area contributed by atoms with Crippen molar-refractivity contribution in [3.8, 4) is 0 Å². The molecule has 0 radical (unpaired) electrons. The highest BCUT2D eigenvalue weighted by atomic mass is 35.5. The number of halogens is 1. The summed E-state index contributed by atoms with van der Waals surface area (Å²) in [5, 5.41) is 3.79. The molecule has 0 saturated carbocycles. The fraction of sp³-hybridized carbons (Fsp3) is 0.385. The van der Waals surface area contributed by atoms with E-state index in [2.05, 4.69) is 5.32 Å². The largest absolute Gasteiger partial charge is 0.301 e. The Bertz CT molecular complexity index is 502.